The van der Waals surface area contributed by atoms with Gasteiger partial charge in [0.1, 0.15) is 11.4 Å². The number of nitro groups is 1. The van der Waals surface area contributed by atoms with Crippen molar-refractivity contribution in [3.8, 4) is 10.7 Å². The lowest BCUT2D eigenvalue weighted by Gasteiger charge is -2.44. The van der Waals surface area contributed by atoms with Crippen molar-refractivity contribution in [3.63, 3.8) is 0 Å². The molecule has 0 aliphatic carbocycles. The predicted molar refractivity (Wildman–Crippen MR) is 116 cm³/mol. The monoisotopic (exact) mass is 479 g/mol. The van der Waals surface area contributed by atoms with E-state index in [1.54, 1.807) is 19.1 Å². The molecule has 0 radical (unpaired) electrons. The van der Waals surface area contributed by atoms with E-state index in [2.05, 4.69) is 20.5 Å². The number of nitrogens with one attached hydrogen (secondary N) is 2. The molecule has 1 aromatic carbocycles. The number of thiazole rings is 1. The van der Waals surface area contributed by atoms with Gasteiger partial charge < -0.3 is 5.32 Å². The van der Waals surface area contributed by atoms with Crippen molar-refractivity contribution >= 4 is 57.8 Å². The second-order valence-electron chi connectivity index (χ2n) is 6.62. The molecule has 4 rings (SSSR count). The highest BCUT2D eigenvalue weighted by Gasteiger charge is 2.52. The van der Waals surface area contributed by atoms with Crippen LogP contribution in [0.3, 0.4) is 0 Å². The fourth-order valence-electron chi connectivity index (χ4n) is 3.30. The third kappa shape index (κ3) is 3.49. The molecule has 2 aromatic heterocycles. The number of aryl methyl sites for hydroxylation is 1. The number of halogens is 1. The van der Waals surface area contributed by atoms with Crippen molar-refractivity contribution in [2.45, 2.75) is 25.3 Å². The average molecular weight is 480 g/mol. The lowest BCUT2D eigenvalue weighted by Crippen LogP contribution is -2.62. The Kier molecular flexibility index (Phi) is 5.33. The Labute approximate surface area is 188 Å². The number of aromatic amines is 1. The van der Waals surface area contributed by atoms with Gasteiger partial charge in [-0.1, -0.05) is 23.5 Å². The van der Waals surface area contributed by atoms with Crippen molar-refractivity contribution < 1.29 is 14.5 Å². The van der Waals surface area contributed by atoms with Crippen LogP contribution in [-0.2, 0) is 9.59 Å². The number of aromatic nitrogens is 4. The summed E-state index contributed by atoms with van der Waals surface area (Å²) < 4.78 is 1.46. The van der Waals surface area contributed by atoms with E-state index in [1.807, 2.05) is 0 Å². The van der Waals surface area contributed by atoms with E-state index in [9.17, 15) is 19.7 Å². The number of nitrogens with zero attached hydrogens (tertiary/aromatic N) is 5. The fourth-order valence-corrected chi connectivity index (χ4v) is 4.85. The Morgan fingerprint density at radius 3 is 2.81 bits per heavy atom. The number of carbonyl (C=O) groups excluding carboxylic acids is 2. The third-order valence-corrected chi connectivity index (χ3v) is 6.36. The summed E-state index contributed by atoms with van der Waals surface area (Å²) in [6.45, 7) is 3.09. The molecular formula is C17H14ClN7O4S2. The number of nitro benzene ring substituents is 1. The molecule has 14 heteroatoms. The molecule has 0 bridgehead atoms. The number of benzene rings is 1. The molecule has 1 aliphatic rings. The lowest BCUT2D eigenvalue weighted by molar-refractivity contribution is -0.385. The van der Waals surface area contributed by atoms with E-state index in [0.29, 0.717) is 15.7 Å². The normalized spacial score (nSPS) is 18.0. The number of alkyl halides is 1. The first-order valence-electron chi connectivity index (χ1n) is 8.84. The van der Waals surface area contributed by atoms with E-state index in [4.69, 9.17) is 23.8 Å². The second-order valence-corrected chi connectivity index (χ2v) is 8.48. The highest BCUT2D eigenvalue weighted by molar-refractivity contribution is 7.71. The fraction of sp³-hybridized carbons (Fsp3) is 0.235. The van der Waals surface area contributed by atoms with Gasteiger partial charge in [0.15, 0.2) is 11.0 Å². The van der Waals surface area contributed by atoms with Crippen molar-refractivity contribution in [2.24, 2.45) is 0 Å². The number of rotatable bonds is 5. The Morgan fingerprint density at radius 2 is 2.13 bits per heavy atom. The molecule has 2 atom stereocenters. The van der Waals surface area contributed by atoms with Gasteiger partial charge in [0.25, 0.3) is 11.6 Å². The summed E-state index contributed by atoms with van der Waals surface area (Å²) >= 11 is 12.8. The van der Waals surface area contributed by atoms with Crippen LogP contribution in [0.4, 0.5) is 10.8 Å². The summed E-state index contributed by atoms with van der Waals surface area (Å²) in [5.74, 6) is -0.483. The van der Waals surface area contributed by atoms with Crippen LogP contribution in [0.2, 0.25) is 0 Å². The van der Waals surface area contributed by atoms with Crippen LogP contribution in [0.25, 0.3) is 10.7 Å². The summed E-state index contributed by atoms with van der Waals surface area (Å²) in [4.78, 5) is 39.9. The molecule has 2 unspecified atom stereocenters. The number of para-hydroxylation sites is 1. The number of hydrogen-bond donors (Lipinski definition) is 2. The van der Waals surface area contributed by atoms with Gasteiger partial charge in [-0.15, -0.1) is 11.6 Å². The zero-order chi connectivity index (χ0) is 22.4. The van der Waals surface area contributed by atoms with Gasteiger partial charge in [-0.25, -0.2) is 19.8 Å². The minimum Gasteiger partial charge on any atom is -0.302 e. The molecule has 2 amide bonds. The van der Waals surface area contributed by atoms with Gasteiger partial charge in [0.2, 0.25) is 10.7 Å². The van der Waals surface area contributed by atoms with E-state index in [1.165, 1.54) is 28.7 Å². The van der Waals surface area contributed by atoms with Crippen LogP contribution in [0.15, 0.2) is 24.3 Å². The van der Waals surface area contributed by atoms with Gasteiger partial charge in [0.05, 0.1) is 21.1 Å². The van der Waals surface area contributed by atoms with E-state index in [0.717, 1.165) is 11.3 Å². The van der Waals surface area contributed by atoms with Gasteiger partial charge >= 0.3 is 0 Å². The van der Waals surface area contributed by atoms with Gasteiger partial charge in [-0.3, -0.25) is 19.7 Å². The first kappa shape index (κ1) is 21.1. The average Bonchev–Trinajstić information content (AvgIpc) is 3.26. The highest BCUT2D eigenvalue weighted by Crippen LogP contribution is 2.42. The Balaban J connectivity index is 1.83. The van der Waals surface area contributed by atoms with Crippen LogP contribution >= 0.6 is 35.2 Å². The topological polar surface area (TPSA) is 139 Å². The zero-order valence-corrected chi connectivity index (χ0v) is 18.4. The summed E-state index contributed by atoms with van der Waals surface area (Å²) in [7, 11) is 0. The van der Waals surface area contributed by atoms with E-state index in [-0.39, 0.29) is 27.8 Å². The number of H-pyrrole nitrogens is 1. The lowest BCUT2D eigenvalue weighted by atomic mass is 9.94. The van der Waals surface area contributed by atoms with Gasteiger partial charge in [0, 0.05) is 13.0 Å². The third-order valence-electron chi connectivity index (χ3n) is 4.60. The first-order chi connectivity index (χ1) is 14.7. The number of β-lactam (4-membered cyclic amide) rings is 1. The molecule has 1 fully saturated rings. The number of amides is 2. The van der Waals surface area contributed by atoms with Crippen LogP contribution in [-0.4, -0.2) is 42.0 Å². The minimum atomic E-state index is -1.01. The summed E-state index contributed by atoms with van der Waals surface area (Å²) in [5, 5.41) is 21.6. The van der Waals surface area contributed by atoms with Crippen LogP contribution < -0.4 is 10.3 Å². The Hall–Kier alpha value is -3.16. The molecular weight excluding hydrogens is 466 g/mol. The number of carbonyl (C=O) groups is 2. The molecule has 3 aromatic rings. The Bertz CT molecular complexity index is 1280. The van der Waals surface area contributed by atoms with Crippen LogP contribution in [0.1, 0.15) is 24.2 Å². The number of anilines is 1. The molecule has 0 spiro atoms. The van der Waals surface area contributed by atoms with Crippen LogP contribution in [0.5, 0.6) is 0 Å². The largest absolute Gasteiger partial charge is 0.302 e. The molecule has 2 N–H and O–H groups in total. The number of hydrogen-bond acceptors (Lipinski definition) is 8. The maximum absolute atomic E-state index is 12.7. The first-order valence-corrected chi connectivity index (χ1v) is 10.5. The smallest absolute Gasteiger partial charge is 0.274 e. The van der Waals surface area contributed by atoms with Crippen molar-refractivity contribution in [3.05, 3.63) is 50.4 Å². The molecule has 31 heavy (non-hydrogen) atoms. The summed E-state index contributed by atoms with van der Waals surface area (Å²) in [6.07, 6.45) is 0. The molecule has 0 saturated carbocycles. The van der Waals surface area contributed by atoms with Crippen LogP contribution in [0, 0.1) is 21.8 Å². The standard InChI is InChI=1S/C17H14ClN7O4S2/c1-7-13(31-16(19-7)20-8(2)26)14-21-22-17(30)24(14)23-12(11(18)15(23)27)9-5-3-4-6-10(9)25(28)29/h3-6,11-12H,1-2H3,(H,22,30)(H,19,20,26). The SMILES string of the molecule is CC(=O)Nc1nc(C)c(-c2n[nH]c(=S)n2N2C(=O)C(Cl)C2c2ccccc2[N+](=O)[O-])s1. The molecule has 3 heterocycles. The van der Waals surface area contributed by atoms with Gasteiger partial charge in [-0.05, 0) is 25.2 Å². The molecule has 160 valence electrons. The van der Waals surface area contributed by atoms with Crippen molar-refractivity contribution in [1.29, 1.82) is 0 Å². The maximum atomic E-state index is 12.7. The van der Waals surface area contributed by atoms with E-state index < -0.39 is 22.2 Å². The minimum absolute atomic E-state index is 0.101. The van der Waals surface area contributed by atoms with Crippen molar-refractivity contribution in [1.82, 2.24) is 19.9 Å². The zero-order valence-electron chi connectivity index (χ0n) is 16.0. The molecule has 11 nitrogen and oxygen atoms in total. The maximum Gasteiger partial charge on any atom is 0.274 e. The summed E-state index contributed by atoms with van der Waals surface area (Å²) in [5.41, 5.74) is 0.678. The predicted octanol–water partition coefficient (Wildman–Crippen LogP) is 3.07. The Morgan fingerprint density at radius 1 is 1.42 bits per heavy atom. The highest BCUT2D eigenvalue weighted by atomic mass is 35.5. The van der Waals surface area contributed by atoms with E-state index >= 15 is 0 Å². The van der Waals surface area contributed by atoms with Crippen molar-refractivity contribution in [2.75, 3.05) is 10.3 Å². The molecule has 1 saturated heterocycles. The quantitative estimate of drug-likeness (QED) is 0.188. The summed E-state index contributed by atoms with van der Waals surface area (Å²) in [6, 6.07) is 5.24. The molecule has 1 aliphatic heterocycles. The van der Waals surface area contributed by atoms with Gasteiger partial charge in [-0.2, -0.15) is 5.10 Å². The second kappa shape index (κ2) is 7.83.